The molecule has 2 aromatic heterocycles. The van der Waals surface area contributed by atoms with Gasteiger partial charge in [-0.1, -0.05) is 32.0 Å². The molecule has 1 N–H and O–H groups in total. The van der Waals surface area contributed by atoms with E-state index in [1.165, 1.54) is 0 Å². The van der Waals surface area contributed by atoms with Crippen molar-refractivity contribution in [2.24, 2.45) is 0 Å². The van der Waals surface area contributed by atoms with Gasteiger partial charge in [-0.15, -0.1) is 0 Å². The van der Waals surface area contributed by atoms with Crippen molar-refractivity contribution in [3.8, 4) is 22.5 Å². The lowest BCUT2D eigenvalue weighted by Crippen LogP contribution is -2.14. The lowest BCUT2D eigenvalue weighted by atomic mass is 10.0. The van der Waals surface area contributed by atoms with Crippen molar-refractivity contribution in [1.82, 2.24) is 19.7 Å². The molecule has 2 heterocycles. The summed E-state index contributed by atoms with van der Waals surface area (Å²) >= 11 is 0. The second-order valence-corrected chi connectivity index (χ2v) is 6.21. The zero-order chi connectivity index (χ0) is 17.8. The maximum absolute atomic E-state index is 9.79. The number of aryl methyl sites for hydroxylation is 2. The van der Waals surface area contributed by atoms with Crippen molar-refractivity contribution in [1.29, 1.82) is 0 Å². The molecule has 3 aromatic rings. The number of nitrogens with zero attached hydrogens (tertiary/aromatic N) is 4. The lowest BCUT2D eigenvalue weighted by Gasteiger charge is -2.09. The first-order chi connectivity index (χ1) is 12.1. The molecule has 1 aromatic carbocycles. The first kappa shape index (κ1) is 17.3. The molecule has 0 radical (unpaired) electrons. The van der Waals surface area contributed by atoms with Crippen molar-refractivity contribution in [3.05, 3.63) is 54.1 Å². The van der Waals surface area contributed by atoms with Crippen LogP contribution in [0.1, 0.15) is 31.7 Å². The van der Waals surface area contributed by atoms with Gasteiger partial charge in [0.25, 0.3) is 0 Å². The van der Waals surface area contributed by atoms with Gasteiger partial charge in [-0.2, -0.15) is 5.10 Å². The van der Waals surface area contributed by atoms with Crippen LogP contribution in [0.25, 0.3) is 22.5 Å². The molecule has 0 aliphatic rings. The summed E-state index contributed by atoms with van der Waals surface area (Å²) in [7, 11) is 0. The van der Waals surface area contributed by atoms with Gasteiger partial charge in [0.15, 0.2) is 0 Å². The molecule has 130 valence electrons. The molecule has 0 fully saturated rings. The van der Waals surface area contributed by atoms with E-state index in [9.17, 15) is 5.11 Å². The summed E-state index contributed by atoms with van der Waals surface area (Å²) in [5.74, 6) is 0.774. The molecular weight excluding hydrogens is 312 g/mol. The molecule has 0 saturated carbocycles. The van der Waals surface area contributed by atoms with Gasteiger partial charge in [0, 0.05) is 23.5 Å². The molecule has 0 aliphatic heterocycles. The van der Waals surface area contributed by atoms with Crippen molar-refractivity contribution >= 4 is 0 Å². The van der Waals surface area contributed by atoms with Crippen LogP contribution in [0.15, 0.2) is 42.7 Å². The Balaban J connectivity index is 1.94. The van der Waals surface area contributed by atoms with Gasteiger partial charge in [0.1, 0.15) is 5.82 Å². The molecule has 0 saturated heterocycles. The Morgan fingerprint density at radius 1 is 1.16 bits per heavy atom. The molecule has 0 spiro atoms. The number of aliphatic hydroxyl groups excluding tert-OH is 1. The van der Waals surface area contributed by atoms with E-state index in [1.807, 2.05) is 44.4 Å². The number of hydrogen-bond donors (Lipinski definition) is 1. The second kappa shape index (κ2) is 7.57. The van der Waals surface area contributed by atoms with E-state index in [0.717, 1.165) is 46.7 Å². The van der Waals surface area contributed by atoms with Crippen LogP contribution in [-0.2, 0) is 13.0 Å². The second-order valence-electron chi connectivity index (χ2n) is 6.21. The van der Waals surface area contributed by atoms with Crippen LogP contribution in [0.4, 0.5) is 0 Å². The number of aromatic nitrogens is 4. The molecule has 0 bridgehead atoms. The van der Waals surface area contributed by atoms with Gasteiger partial charge >= 0.3 is 0 Å². The first-order valence-corrected chi connectivity index (χ1v) is 8.75. The quantitative estimate of drug-likeness (QED) is 0.746. The summed E-state index contributed by atoms with van der Waals surface area (Å²) in [6.45, 7) is 6.50. The first-order valence-electron chi connectivity index (χ1n) is 8.75. The van der Waals surface area contributed by atoms with Crippen LogP contribution >= 0.6 is 0 Å². The molecule has 1 atom stereocenters. The van der Waals surface area contributed by atoms with Gasteiger partial charge in [-0.05, 0) is 37.5 Å². The van der Waals surface area contributed by atoms with Crippen molar-refractivity contribution in [3.63, 3.8) is 0 Å². The molecule has 0 unspecified atom stereocenters. The minimum absolute atomic E-state index is 0.366. The fraction of sp³-hybridized carbons (Fsp3) is 0.350. The van der Waals surface area contributed by atoms with Gasteiger partial charge in [0.05, 0.1) is 24.0 Å². The Morgan fingerprint density at radius 2 is 1.96 bits per heavy atom. The zero-order valence-electron chi connectivity index (χ0n) is 15.0. The van der Waals surface area contributed by atoms with Crippen LogP contribution in [0.3, 0.4) is 0 Å². The van der Waals surface area contributed by atoms with Gasteiger partial charge in [-0.25, -0.2) is 9.97 Å². The van der Waals surface area contributed by atoms with Crippen LogP contribution in [0, 0.1) is 6.92 Å². The van der Waals surface area contributed by atoms with Gasteiger partial charge in [-0.3, -0.25) is 4.68 Å². The van der Waals surface area contributed by atoms with E-state index < -0.39 is 0 Å². The fourth-order valence-corrected chi connectivity index (χ4v) is 2.79. The Hall–Kier alpha value is -2.53. The van der Waals surface area contributed by atoms with E-state index in [2.05, 4.69) is 34.1 Å². The molecule has 0 aliphatic carbocycles. The molecular formula is C20H24N4O. The van der Waals surface area contributed by atoms with Gasteiger partial charge in [0.2, 0.25) is 0 Å². The largest absolute Gasteiger partial charge is 0.391 e. The number of rotatable bonds is 6. The van der Waals surface area contributed by atoms with E-state index in [-0.39, 0.29) is 6.10 Å². The smallest absolute Gasteiger partial charge is 0.125 e. The van der Waals surface area contributed by atoms with Crippen molar-refractivity contribution in [2.45, 2.75) is 46.3 Å². The third kappa shape index (κ3) is 3.94. The van der Waals surface area contributed by atoms with E-state index in [0.29, 0.717) is 6.54 Å². The van der Waals surface area contributed by atoms with Crippen LogP contribution in [0.2, 0.25) is 0 Å². The molecule has 5 heteroatoms. The summed E-state index contributed by atoms with van der Waals surface area (Å²) in [5.41, 5.74) is 5.13. The molecule has 5 nitrogen and oxygen atoms in total. The standard InChI is InChI=1S/C20H24N4O/c1-4-15-12-21-14(3)22-20(15)17-8-6-7-16(11-17)19-9-10-24(23-19)13-18(25)5-2/h6-12,18,25H,4-5,13H2,1-3H3/t18-/m0/s1. The Labute approximate surface area is 148 Å². The Bertz CT molecular complexity index is 856. The minimum atomic E-state index is -0.366. The summed E-state index contributed by atoms with van der Waals surface area (Å²) in [6, 6.07) is 10.2. The average molecular weight is 336 g/mol. The van der Waals surface area contributed by atoms with Gasteiger partial charge < -0.3 is 5.11 Å². The topological polar surface area (TPSA) is 63.8 Å². The highest BCUT2D eigenvalue weighted by Gasteiger charge is 2.10. The maximum Gasteiger partial charge on any atom is 0.125 e. The molecule has 25 heavy (non-hydrogen) atoms. The van der Waals surface area contributed by atoms with Crippen LogP contribution in [0.5, 0.6) is 0 Å². The van der Waals surface area contributed by atoms with Crippen molar-refractivity contribution in [2.75, 3.05) is 0 Å². The summed E-state index contributed by atoms with van der Waals surface area (Å²) in [6.07, 6.45) is 5.06. The fourth-order valence-electron chi connectivity index (χ4n) is 2.79. The minimum Gasteiger partial charge on any atom is -0.391 e. The number of aliphatic hydroxyl groups is 1. The number of benzene rings is 1. The average Bonchev–Trinajstić information content (AvgIpc) is 3.10. The highest BCUT2D eigenvalue weighted by Crippen LogP contribution is 2.26. The highest BCUT2D eigenvalue weighted by molar-refractivity contribution is 5.70. The Kier molecular flexibility index (Phi) is 5.24. The van der Waals surface area contributed by atoms with E-state index in [4.69, 9.17) is 0 Å². The summed E-state index contributed by atoms with van der Waals surface area (Å²) in [5, 5.41) is 14.4. The van der Waals surface area contributed by atoms with E-state index >= 15 is 0 Å². The third-order valence-electron chi connectivity index (χ3n) is 4.31. The van der Waals surface area contributed by atoms with Crippen molar-refractivity contribution < 1.29 is 5.11 Å². The third-order valence-corrected chi connectivity index (χ3v) is 4.31. The highest BCUT2D eigenvalue weighted by atomic mass is 16.3. The zero-order valence-corrected chi connectivity index (χ0v) is 15.0. The Morgan fingerprint density at radius 3 is 2.72 bits per heavy atom. The lowest BCUT2D eigenvalue weighted by molar-refractivity contribution is 0.145. The SMILES string of the molecule is CCc1cnc(C)nc1-c1cccc(-c2ccn(C[C@@H](O)CC)n2)c1. The predicted molar refractivity (Wildman–Crippen MR) is 99.1 cm³/mol. The monoisotopic (exact) mass is 336 g/mol. The maximum atomic E-state index is 9.79. The summed E-state index contributed by atoms with van der Waals surface area (Å²) in [4.78, 5) is 8.94. The predicted octanol–water partition coefficient (Wildman–Crippen LogP) is 3.65. The number of hydrogen-bond acceptors (Lipinski definition) is 4. The molecule has 0 amide bonds. The normalized spacial score (nSPS) is 12.3. The summed E-state index contributed by atoms with van der Waals surface area (Å²) < 4.78 is 1.79. The van der Waals surface area contributed by atoms with E-state index in [1.54, 1.807) is 4.68 Å². The molecule has 3 rings (SSSR count). The van der Waals surface area contributed by atoms with Crippen LogP contribution < -0.4 is 0 Å². The van der Waals surface area contributed by atoms with Crippen LogP contribution in [-0.4, -0.2) is 31.0 Å².